The summed E-state index contributed by atoms with van der Waals surface area (Å²) in [6.07, 6.45) is 2.56. The Hall–Kier alpha value is -2.56. The summed E-state index contributed by atoms with van der Waals surface area (Å²) in [4.78, 5) is 11.0. The fraction of sp³-hybridized carbons (Fsp3) is 0.414. The quantitative estimate of drug-likeness (QED) is 0.247. The van der Waals surface area contributed by atoms with Gasteiger partial charge in [-0.2, -0.15) is 15.6 Å². The largest absolute Gasteiger partial charge is 0.481 e. The third kappa shape index (κ3) is 9.03. The fourth-order valence-electron chi connectivity index (χ4n) is 4.29. The molecule has 0 amide bonds. The van der Waals surface area contributed by atoms with Crippen molar-refractivity contribution in [1.29, 1.82) is 0 Å². The molecule has 0 spiro atoms. The highest BCUT2D eigenvalue weighted by atomic mass is 32.2. The number of benzene rings is 2. The molecule has 1 heterocycles. The Labute approximate surface area is 230 Å². The van der Waals surface area contributed by atoms with Crippen LogP contribution in [0.5, 0.6) is 0 Å². The molecule has 0 saturated heterocycles. The molecule has 0 unspecified atom stereocenters. The summed E-state index contributed by atoms with van der Waals surface area (Å²) in [5, 5.41) is 27.2. The van der Waals surface area contributed by atoms with E-state index in [9.17, 15) is 18.3 Å². The predicted molar refractivity (Wildman–Crippen MR) is 153 cm³/mol. The number of aliphatic hydroxyl groups is 1. The minimum atomic E-state index is -3.82. The molecule has 0 fully saturated rings. The number of aryl methyl sites for hydroxylation is 2. The van der Waals surface area contributed by atoms with Crippen LogP contribution in [-0.2, 0) is 27.7 Å². The monoisotopic (exact) mass is 558 g/mol. The van der Waals surface area contributed by atoms with Gasteiger partial charge in [0.1, 0.15) is 0 Å². The maximum absolute atomic E-state index is 13.3. The van der Waals surface area contributed by atoms with E-state index in [0.717, 1.165) is 36.0 Å². The number of rotatable bonds is 15. The van der Waals surface area contributed by atoms with Gasteiger partial charge < -0.3 is 15.5 Å². The van der Waals surface area contributed by atoms with E-state index in [4.69, 9.17) is 5.11 Å². The van der Waals surface area contributed by atoms with Gasteiger partial charge in [0.05, 0.1) is 11.0 Å². The molecule has 38 heavy (non-hydrogen) atoms. The van der Waals surface area contributed by atoms with E-state index < -0.39 is 22.1 Å². The maximum atomic E-state index is 13.3. The van der Waals surface area contributed by atoms with Crippen molar-refractivity contribution in [3.63, 3.8) is 0 Å². The standard InChI is InChI=1S/C29H38N2O5S2/c1-29(2,15-6-8-23-14-16-37-21-23)30-19-26(32)20-31(3)38(35,36)27-11-5-10-25(18-27)24-9-4-7-22(17-24)12-13-28(33)34/h4-5,7,9-11,14,16-18,21,26,30,32H,6,8,12-13,15,19-20H2,1-3H3,(H,33,34)/t26-/m1/s1. The lowest BCUT2D eigenvalue weighted by Gasteiger charge is -2.29. The molecular weight excluding hydrogens is 520 g/mol. The summed E-state index contributed by atoms with van der Waals surface area (Å²) in [5.74, 6) is -0.860. The second-order valence-corrected chi connectivity index (χ2v) is 13.1. The Balaban J connectivity index is 1.58. The molecule has 0 bridgehead atoms. The minimum absolute atomic E-state index is 0.0325. The summed E-state index contributed by atoms with van der Waals surface area (Å²) in [6, 6.07) is 16.3. The SMILES string of the molecule is CN(C[C@H](O)CNC(C)(C)CCCc1ccsc1)S(=O)(=O)c1cccc(-c2cccc(CCC(=O)O)c2)c1. The average Bonchev–Trinajstić information content (AvgIpc) is 3.40. The summed E-state index contributed by atoms with van der Waals surface area (Å²) in [6.45, 7) is 4.44. The number of sulfonamides is 1. The topological polar surface area (TPSA) is 107 Å². The van der Waals surface area contributed by atoms with E-state index in [-0.39, 0.29) is 29.9 Å². The number of hydrogen-bond acceptors (Lipinski definition) is 6. The highest BCUT2D eigenvalue weighted by Gasteiger charge is 2.25. The van der Waals surface area contributed by atoms with Gasteiger partial charge >= 0.3 is 5.97 Å². The van der Waals surface area contributed by atoms with Gasteiger partial charge in [0.2, 0.25) is 10.0 Å². The maximum Gasteiger partial charge on any atom is 0.303 e. The van der Waals surface area contributed by atoms with Crippen molar-refractivity contribution in [1.82, 2.24) is 9.62 Å². The zero-order valence-corrected chi connectivity index (χ0v) is 23.9. The zero-order chi connectivity index (χ0) is 27.8. The summed E-state index contributed by atoms with van der Waals surface area (Å²) in [5.41, 5.74) is 3.58. The number of thiophene rings is 1. The number of carboxylic acids is 1. The van der Waals surface area contributed by atoms with Crippen LogP contribution in [0.3, 0.4) is 0 Å². The number of likely N-dealkylation sites (N-methyl/N-ethyl adjacent to an activating group) is 1. The van der Waals surface area contributed by atoms with Crippen LogP contribution in [-0.4, -0.2) is 60.7 Å². The Morgan fingerprint density at radius 1 is 1.05 bits per heavy atom. The van der Waals surface area contributed by atoms with E-state index >= 15 is 0 Å². The smallest absolute Gasteiger partial charge is 0.303 e. The molecule has 0 radical (unpaired) electrons. The molecule has 3 aromatic rings. The number of hydrogen-bond donors (Lipinski definition) is 3. The number of β-amino-alcohol motifs (C(OH)–C–C–N with tert-alkyl or cyclic N) is 1. The van der Waals surface area contributed by atoms with Gasteiger partial charge in [-0.3, -0.25) is 4.79 Å². The molecule has 9 heteroatoms. The van der Waals surface area contributed by atoms with Crippen molar-refractivity contribution in [2.24, 2.45) is 0 Å². The number of aliphatic hydroxyl groups excluding tert-OH is 1. The predicted octanol–water partition coefficient (Wildman–Crippen LogP) is 4.80. The molecule has 7 nitrogen and oxygen atoms in total. The number of nitrogens with one attached hydrogen (secondary N) is 1. The normalized spacial score (nSPS) is 13.1. The van der Waals surface area contributed by atoms with Crippen molar-refractivity contribution in [3.8, 4) is 11.1 Å². The fourth-order valence-corrected chi connectivity index (χ4v) is 6.24. The Kier molecular flexibility index (Phi) is 10.6. The molecule has 1 aromatic heterocycles. The number of carboxylic acid groups (broad SMARTS) is 1. The van der Waals surface area contributed by atoms with Crippen molar-refractivity contribution in [3.05, 3.63) is 76.5 Å². The van der Waals surface area contributed by atoms with E-state index in [0.29, 0.717) is 6.42 Å². The van der Waals surface area contributed by atoms with Crippen molar-refractivity contribution in [2.75, 3.05) is 20.1 Å². The van der Waals surface area contributed by atoms with E-state index in [1.807, 2.05) is 30.3 Å². The second kappa shape index (κ2) is 13.5. The van der Waals surface area contributed by atoms with E-state index in [2.05, 4.69) is 36.0 Å². The summed E-state index contributed by atoms with van der Waals surface area (Å²) >= 11 is 1.70. The Morgan fingerprint density at radius 2 is 1.76 bits per heavy atom. The Bertz CT molecular complexity index is 1290. The third-order valence-corrected chi connectivity index (χ3v) is 9.11. The summed E-state index contributed by atoms with van der Waals surface area (Å²) < 4.78 is 27.7. The molecule has 0 aliphatic heterocycles. The van der Waals surface area contributed by atoms with Crippen molar-refractivity contribution >= 4 is 27.3 Å². The second-order valence-electron chi connectivity index (χ2n) is 10.3. The molecule has 0 aliphatic carbocycles. The van der Waals surface area contributed by atoms with Gasteiger partial charge in [-0.1, -0.05) is 36.4 Å². The van der Waals surface area contributed by atoms with Crippen molar-refractivity contribution in [2.45, 2.75) is 62.5 Å². The number of carbonyl (C=O) groups is 1. The van der Waals surface area contributed by atoms with Gasteiger partial charge in [-0.05, 0) is 90.7 Å². The van der Waals surface area contributed by atoms with Crippen LogP contribution < -0.4 is 5.32 Å². The van der Waals surface area contributed by atoms with E-state index in [1.165, 1.54) is 16.9 Å². The molecule has 2 aromatic carbocycles. The van der Waals surface area contributed by atoms with Gasteiger partial charge in [0, 0.05) is 32.1 Å². The van der Waals surface area contributed by atoms with Crippen LogP contribution in [0.2, 0.25) is 0 Å². The number of aliphatic carboxylic acids is 1. The van der Waals surface area contributed by atoms with Gasteiger partial charge in [0.25, 0.3) is 0 Å². The van der Waals surface area contributed by atoms with Crippen LogP contribution >= 0.6 is 11.3 Å². The summed E-state index contributed by atoms with van der Waals surface area (Å²) in [7, 11) is -2.34. The first-order valence-electron chi connectivity index (χ1n) is 12.8. The van der Waals surface area contributed by atoms with Gasteiger partial charge in [-0.15, -0.1) is 0 Å². The molecule has 3 N–H and O–H groups in total. The molecule has 3 rings (SSSR count). The van der Waals surface area contributed by atoms with Crippen LogP contribution in [0, 0.1) is 0 Å². The average molecular weight is 559 g/mol. The molecule has 1 atom stereocenters. The first-order chi connectivity index (χ1) is 18.0. The Morgan fingerprint density at radius 3 is 2.45 bits per heavy atom. The van der Waals surface area contributed by atoms with Gasteiger partial charge in [-0.25, -0.2) is 8.42 Å². The minimum Gasteiger partial charge on any atom is -0.481 e. The first-order valence-corrected chi connectivity index (χ1v) is 15.2. The number of nitrogens with zero attached hydrogens (tertiary/aromatic N) is 1. The van der Waals surface area contributed by atoms with E-state index in [1.54, 1.807) is 29.5 Å². The third-order valence-electron chi connectivity index (χ3n) is 6.56. The lowest BCUT2D eigenvalue weighted by molar-refractivity contribution is -0.136. The van der Waals surface area contributed by atoms with Gasteiger partial charge in [0.15, 0.2) is 0 Å². The van der Waals surface area contributed by atoms with Crippen LogP contribution in [0.1, 0.15) is 44.2 Å². The lowest BCUT2D eigenvalue weighted by atomic mass is 9.96. The molecule has 0 saturated carbocycles. The highest BCUT2D eigenvalue weighted by molar-refractivity contribution is 7.89. The van der Waals surface area contributed by atoms with Crippen LogP contribution in [0.25, 0.3) is 11.1 Å². The zero-order valence-electron chi connectivity index (χ0n) is 22.3. The highest BCUT2D eigenvalue weighted by Crippen LogP contribution is 2.25. The molecular formula is C29H38N2O5S2. The molecule has 206 valence electrons. The lowest BCUT2D eigenvalue weighted by Crippen LogP contribution is -2.46. The van der Waals surface area contributed by atoms with Crippen LogP contribution in [0.15, 0.2) is 70.3 Å². The van der Waals surface area contributed by atoms with Crippen molar-refractivity contribution < 1.29 is 23.4 Å². The molecule has 0 aliphatic rings. The first kappa shape index (κ1) is 30.0. The van der Waals surface area contributed by atoms with Crippen LogP contribution in [0.4, 0.5) is 0 Å².